The Bertz CT molecular complexity index is 1010. The fourth-order valence-corrected chi connectivity index (χ4v) is 5.84. The monoisotopic (exact) mass is 482 g/mol. The molecule has 2 heterocycles. The highest BCUT2D eigenvalue weighted by Gasteiger charge is 2.33. The molecule has 0 saturated heterocycles. The number of rotatable bonds is 9. The van der Waals surface area contributed by atoms with Crippen LogP contribution in [0.4, 0.5) is 0 Å². The standard InChI is InChI=1S/C26H30N2O3S2/c1-31-21-13-11-19(12-14-21)18-28(24(29)17-22-9-5-15-32-22)25(23-10-6-16-33-23)26(30)27-20-7-3-2-4-8-20/h5-6,9-16,20,25H,2-4,7-8,17-18H2,1H3,(H,27,30). The quantitative estimate of drug-likeness (QED) is 0.433. The van der Waals surface area contributed by atoms with E-state index in [0.717, 1.165) is 46.8 Å². The molecule has 7 heteroatoms. The summed E-state index contributed by atoms with van der Waals surface area (Å²) in [5.74, 6) is 0.628. The van der Waals surface area contributed by atoms with Crippen LogP contribution in [0.3, 0.4) is 0 Å². The number of hydrogen-bond acceptors (Lipinski definition) is 5. The van der Waals surface area contributed by atoms with E-state index in [-0.39, 0.29) is 24.3 Å². The molecule has 1 N–H and O–H groups in total. The van der Waals surface area contributed by atoms with Gasteiger partial charge in [-0.1, -0.05) is 43.5 Å². The van der Waals surface area contributed by atoms with E-state index in [2.05, 4.69) is 5.32 Å². The maximum Gasteiger partial charge on any atom is 0.248 e. The van der Waals surface area contributed by atoms with Crippen molar-refractivity contribution >= 4 is 34.5 Å². The molecule has 1 aromatic carbocycles. The molecule has 174 valence electrons. The van der Waals surface area contributed by atoms with E-state index in [9.17, 15) is 9.59 Å². The summed E-state index contributed by atoms with van der Waals surface area (Å²) in [7, 11) is 1.63. The molecule has 2 amide bonds. The SMILES string of the molecule is COc1ccc(CN(C(=O)Cc2cccs2)C(C(=O)NC2CCCCC2)c2cccs2)cc1. The highest BCUT2D eigenvalue weighted by molar-refractivity contribution is 7.10. The second-order valence-electron chi connectivity index (χ2n) is 8.39. The van der Waals surface area contributed by atoms with Crippen LogP contribution in [-0.4, -0.2) is 29.9 Å². The minimum absolute atomic E-state index is 0.0505. The second kappa shape index (κ2) is 11.5. The van der Waals surface area contributed by atoms with E-state index in [4.69, 9.17) is 4.74 Å². The number of hydrogen-bond donors (Lipinski definition) is 1. The van der Waals surface area contributed by atoms with Crippen molar-refractivity contribution in [1.29, 1.82) is 0 Å². The smallest absolute Gasteiger partial charge is 0.248 e. The number of carbonyl (C=O) groups is 2. The number of nitrogens with one attached hydrogen (secondary N) is 1. The first-order chi connectivity index (χ1) is 16.1. The lowest BCUT2D eigenvalue weighted by molar-refractivity contribution is -0.141. The molecule has 3 aromatic rings. The van der Waals surface area contributed by atoms with Gasteiger partial charge < -0.3 is 15.0 Å². The predicted octanol–water partition coefficient (Wildman–Crippen LogP) is 5.58. The van der Waals surface area contributed by atoms with Crippen LogP contribution in [0.15, 0.2) is 59.3 Å². The predicted molar refractivity (Wildman–Crippen MR) is 134 cm³/mol. The number of amides is 2. The average molecular weight is 483 g/mol. The zero-order chi connectivity index (χ0) is 23.0. The van der Waals surface area contributed by atoms with E-state index < -0.39 is 6.04 Å². The molecule has 5 nitrogen and oxygen atoms in total. The van der Waals surface area contributed by atoms with Gasteiger partial charge in [-0.05, 0) is 53.4 Å². The normalized spacial score (nSPS) is 15.1. The first-order valence-corrected chi connectivity index (χ1v) is 13.2. The molecular formula is C26H30N2O3S2. The van der Waals surface area contributed by atoms with Gasteiger partial charge in [-0.2, -0.15) is 0 Å². The van der Waals surface area contributed by atoms with Gasteiger partial charge in [0.15, 0.2) is 0 Å². The third-order valence-electron chi connectivity index (χ3n) is 6.06. The topological polar surface area (TPSA) is 58.6 Å². The molecule has 1 atom stereocenters. The van der Waals surface area contributed by atoms with Gasteiger partial charge in [0.1, 0.15) is 11.8 Å². The van der Waals surface area contributed by atoms with E-state index in [1.807, 2.05) is 59.3 Å². The minimum Gasteiger partial charge on any atom is -0.497 e. The molecule has 1 unspecified atom stereocenters. The molecule has 0 radical (unpaired) electrons. The zero-order valence-electron chi connectivity index (χ0n) is 18.9. The molecule has 1 aliphatic carbocycles. The first-order valence-electron chi connectivity index (χ1n) is 11.4. The summed E-state index contributed by atoms with van der Waals surface area (Å²) in [5, 5.41) is 7.20. The Labute approximate surface area is 203 Å². The van der Waals surface area contributed by atoms with Gasteiger partial charge in [-0.15, -0.1) is 22.7 Å². The maximum absolute atomic E-state index is 13.6. The Balaban J connectivity index is 1.63. The summed E-state index contributed by atoms with van der Waals surface area (Å²) < 4.78 is 5.28. The average Bonchev–Trinajstić information content (AvgIpc) is 3.54. The zero-order valence-corrected chi connectivity index (χ0v) is 20.5. The summed E-state index contributed by atoms with van der Waals surface area (Å²) in [6.45, 7) is 0.356. The summed E-state index contributed by atoms with van der Waals surface area (Å²) in [6.07, 6.45) is 5.80. The van der Waals surface area contributed by atoms with Crippen molar-refractivity contribution in [1.82, 2.24) is 10.2 Å². The van der Waals surface area contributed by atoms with Crippen LogP contribution in [0, 0.1) is 0 Å². The summed E-state index contributed by atoms with van der Waals surface area (Å²) in [5.41, 5.74) is 0.961. The summed E-state index contributed by atoms with van der Waals surface area (Å²) in [6, 6.07) is 15.0. The fraction of sp³-hybridized carbons (Fsp3) is 0.385. The molecule has 4 rings (SSSR count). The minimum atomic E-state index is -0.651. The molecule has 2 aromatic heterocycles. The third kappa shape index (κ3) is 6.24. The number of carbonyl (C=O) groups excluding carboxylic acids is 2. The molecular weight excluding hydrogens is 452 g/mol. The van der Waals surface area contributed by atoms with E-state index in [1.165, 1.54) is 17.8 Å². The highest BCUT2D eigenvalue weighted by Crippen LogP contribution is 2.30. The highest BCUT2D eigenvalue weighted by atomic mass is 32.1. The van der Waals surface area contributed by atoms with Crippen LogP contribution in [0.25, 0.3) is 0 Å². The van der Waals surface area contributed by atoms with Crippen molar-refractivity contribution in [3.05, 3.63) is 74.6 Å². The lowest BCUT2D eigenvalue weighted by Crippen LogP contribution is -2.47. The van der Waals surface area contributed by atoms with Gasteiger partial charge in [-0.25, -0.2) is 0 Å². The van der Waals surface area contributed by atoms with Crippen molar-refractivity contribution in [2.24, 2.45) is 0 Å². The first kappa shape index (κ1) is 23.5. The molecule has 0 aliphatic heterocycles. The van der Waals surface area contributed by atoms with E-state index >= 15 is 0 Å². The van der Waals surface area contributed by atoms with E-state index in [1.54, 1.807) is 23.3 Å². The van der Waals surface area contributed by atoms with Crippen molar-refractivity contribution < 1.29 is 14.3 Å². The van der Waals surface area contributed by atoms with Gasteiger partial charge in [0.05, 0.1) is 13.5 Å². The number of methoxy groups -OCH3 is 1. The lowest BCUT2D eigenvalue weighted by atomic mass is 9.95. The molecule has 0 bridgehead atoms. The Morgan fingerprint density at radius 3 is 2.39 bits per heavy atom. The number of nitrogens with zero attached hydrogens (tertiary/aromatic N) is 1. The van der Waals surface area contributed by atoms with Gasteiger partial charge in [0.25, 0.3) is 0 Å². The Morgan fingerprint density at radius 1 is 1.03 bits per heavy atom. The largest absolute Gasteiger partial charge is 0.497 e. The van der Waals surface area contributed by atoms with Crippen molar-refractivity contribution in [3.8, 4) is 5.75 Å². The number of thiophene rings is 2. The third-order valence-corrected chi connectivity index (χ3v) is 7.86. The van der Waals surface area contributed by atoms with Crippen LogP contribution in [0.2, 0.25) is 0 Å². The lowest BCUT2D eigenvalue weighted by Gasteiger charge is -2.33. The van der Waals surface area contributed by atoms with Crippen LogP contribution < -0.4 is 10.1 Å². The van der Waals surface area contributed by atoms with Crippen molar-refractivity contribution in [3.63, 3.8) is 0 Å². The molecule has 1 saturated carbocycles. The molecule has 33 heavy (non-hydrogen) atoms. The van der Waals surface area contributed by atoms with Crippen molar-refractivity contribution in [2.75, 3.05) is 7.11 Å². The fourth-order valence-electron chi connectivity index (χ4n) is 4.31. The van der Waals surface area contributed by atoms with Crippen LogP contribution in [-0.2, 0) is 22.6 Å². The maximum atomic E-state index is 13.6. The van der Waals surface area contributed by atoms with Gasteiger partial charge in [0.2, 0.25) is 11.8 Å². The van der Waals surface area contributed by atoms with Crippen LogP contribution in [0.5, 0.6) is 5.75 Å². The Kier molecular flexibility index (Phi) is 8.18. The number of benzene rings is 1. The second-order valence-corrected chi connectivity index (χ2v) is 10.4. The Hall–Kier alpha value is -2.64. The van der Waals surface area contributed by atoms with Crippen molar-refractivity contribution in [2.45, 2.75) is 57.2 Å². The molecule has 0 spiro atoms. The van der Waals surface area contributed by atoms with Gasteiger partial charge >= 0.3 is 0 Å². The molecule has 1 aliphatic rings. The molecule has 1 fully saturated rings. The van der Waals surface area contributed by atoms with Crippen LogP contribution in [0.1, 0.15) is 53.5 Å². The van der Waals surface area contributed by atoms with E-state index in [0.29, 0.717) is 6.54 Å². The van der Waals surface area contributed by atoms with Gasteiger partial charge in [-0.3, -0.25) is 9.59 Å². The Morgan fingerprint density at radius 2 is 1.76 bits per heavy atom. The number of ether oxygens (including phenoxy) is 1. The van der Waals surface area contributed by atoms with Gasteiger partial charge in [0, 0.05) is 22.3 Å². The summed E-state index contributed by atoms with van der Waals surface area (Å²) >= 11 is 3.08. The summed E-state index contributed by atoms with van der Waals surface area (Å²) in [4.78, 5) is 30.9. The van der Waals surface area contributed by atoms with Crippen LogP contribution >= 0.6 is 22.7 Å².